The Morgan fingerprint density at radius 1 is 1.07 bits per heavy atom. The maximum atomic E-state index is 13.4. The van der Waals surface area contributed by atoms with Crippen molar-refractivity contribution in [1.82, 2.24) is 9.80 Å². The predicted octanol–water partition coefficient (Wildman–Crippen LogP) is 3.99. The topological polar surface area (TPSA) is 40.6 Å². The number of halogens is 3. The van der Waals surface area contributed by atoms with E-state index in [0.717, 1.165) is 16.7 Å². The second kappa shape index (κ2) is 7.13. The van der Waals surface area contributed by atoms with Crippen LogP contribution in [-0.2, 0) is 22.7 Å². The summed E-state index contributed by atoms with van der Waals surface area (Å²) in [5.74, 6) is -0.820. The van der Waals surface area contributed by atoms with Gasteiger partial charge in [-0.1, -0.05) is 35.3 Å². The SMILES string of the molecule is O=C(CN1CCC(c2ccc(Cl)c(Cl)c2)C1=O)N1Cc2ccc(F)cc2C1. The molecule has 1 atom stereocenters. The molecule has 140 valence electrons. The molecule has 2 aliphatic heterocycles. The molecule has 2 aromatic carbocycles. The highest BCUT2D eigenvalue weighted by molar-refractivity contribution is 6.42. The van der Waals surface area contributed by atoms with Crippen LogP contribution in [0.15, 0.2) is 36.4 Å². The van der Waals surface area contributed by atoms with E-state index in [1.54, 1.807) is 34.1 Å². The van der Waals surface area contributed by atoms with Crippen LogP contribution in [0.25, 0.3) is 0 Å². The van der Waals surface area contributed by atoms with E-state index in [0.29, 0.717) is 36.1 Å². The lowest BCUT2D eigenvalue weighted by Gasteiger charge is -2.21. The molecule has 1 fully saturated rings. The highest BCUT2D eigenvalue weighted by atomic mass is 35.5. The highest BCUT2D eigenvalue weighted by Crippen LogP contribution is 2.33. The summed E-state index contributed by atoms with van der Waals surface area (Å²) in [4.78, 5) is 28.6. The fraction of sp³-hybridized carbons (Fsp3) is 0.300. The number of likely N-dealkylation sites (tertiary alicyclic amines) is 1. The summed E-state index contributed by atoms with van der Waals surface area (Å²) in [6.45, 7) is 1.38. The van der Waals surface area contributed by atoms with Crippen LogP contribution in [0.2, 0.25) is 10.0 Å². The molecule has 4 rings (SSSR count). The standard InChI is InChI=1S/C20H17Cl2FN2O2/c21-17-4-2-12(8-18(17)22)16-5-6-24(20(16)27)11-19(26)25-9-13-1-3-15(23)7-14(13)10-25/h1-4,7-8,16H,5-6,9-11H2. The van der Waals surface area contributed by atoms with E-state index in [1.165, 1.54) is 12.1 Å². The van der Waals surface area contributed by atoms with Gasteiger partial charge >= 0.3 is 0 Å². The second-order valence-electron chi connectivity index (χ2n) is 6.94. The Morgan fingerprint density at radius 3 is 2.63 bits per heavy atom. The number of carbonyl (C=O) groups is 2. The molecular weight excluding hydrogens is 390 g/mol. The number of hydrogen-bond acceptors (Lipinski definition) is 2. The third kappa shape index (κ3) is 3.54. The largest absolute Gasteiger partial charge is 0.333 e. The summed E-state index contributed by atoms with van der Waals surface area (Å²) >= 11 is 12.0. The van der Waals surface area contributed by atoms with Gasteiger partial charge in [-0.05, 0) is 47.4 Å². The fourth-order valence-corrected chi connectivity index (χ4v) is 4.04. The zero-order valence-electron chi connectivity index (χ0n) is 14.4. The summed E-state index contributed by atoms with van der Waals surface area (Å²) < 4.78 is 13.4. The third-order valence-electron chi connectivity index (χ3n) is 5.21. The molecule has 2 aromatic rings. The Bertz CT molecular complexity index is 934. The van der Waals surface area contributed by atoms with E-state index in [4.69, 9.17) is 23.2 Å². The van der Waals surface area contributed by atoms with Crippen LogP contribution in [0.5, 0.6) is 0 Å². The maximum Gasteiger partial charge on any atom is 0.242 e. The molecular formula is C20H17Cl2FN2O2. The average molecular weight is 407 g/mol. The number of hydrogen-bond donors (Lipinski definition) is 0. The van der Waals surface area contributed by atoms with E-state index in [2.05, 4.69) is 0 Å². The highest BCUT2D eigenvalue weighted by Gasteiger charge is 2.35. The van der Waals surface area contributed by atoms with Crippen molar-refractivity contribution in [2.75, 3.05) is 13.1 Å². The molecule has 4 nitrogen and oxygen atoms in total. The minimum Gasteiger partial charge on any atom is -0.333 e. The third-order valence-corrected chi connectivity index (χ3v) is 5.95. The van der Waals surface area contributed by atoms with Crippen molar-refractivity contribution in [3.05, 3.63) is 69.0 Å². The van der Waals surface area contributed by atoms with Crippen molar-refractivity contribution in [3.8, 4) is 0 Å². The Balaban J connectivity index is 1.41. The Kier molecular flexibility index (Phi) is 4.82. The van der Waals surface area contributed by atoms with E-state index >= 15 is 0 Å². The molecule has 0 bridgehead atoms. The maximum absolute atomic E-state index is 13.4. The summed E-state index contributed by atoms with van der Waals surface area (Å²) in [6.07, 6.45) is 0.634. The van der Waals surface area contributed by atoms with Crippen LogP contribution >= 0.6 is 23.2 Å². The van der Waals surface area contributed by atoms with E-state index in [9.17, 15) is 14.0 Å². The van der Waals surface area contributed by atoms with Gasteiger partial charge in [0, 0.05) is 19.6 Å². The number of nitrogens with zero attached hydrogens (tertiary/aromatic N) is 2. The van der Waals surface area contributed by atoms with Crippen LogP contribution in [0.4, 0.5) is 4.39 Å². The zero-order valence-corrected chi connectivity index (χ0v) is 15.9. The molecule has 0 radical (unpaired) electrons. The van der Waals surface area contributed by atoms with Gasteiger partial charge in [0.15, 0.2) is 0 Å². The molecule has 2 amide bonds. The molecule has 27 heavy (non-hydrogen) atoms. The van der Waals surface area contributed by atoms with Gasteiger partial charge in [0.25, 0.3) is 0 Å². The number of rotatable bonds is 3. The Hall–Kier alpha value is -2.11. The van der Waals surface area contributed by atoms with Crippen LogP contribution < -0.4 is 0 Å². The van der Waals surface area contributed by atoms with E-state index in [1.807, 2.05) is 0 Å². The van der Waals surface area contributed by atoms with Gasteiger partial charge in [0.05, 0.1) is 22.5 Å². The molecule has 1 saturated heterocycles. The van der Waals surface area contributed by atoms with Crippen molar-refractivity contribution in [2.45, 2.75) is 25.4 Å². The Morgan fingerprint density at radius 2 is 1.85 bits per heavy atom. The number of carbonyl (C=O) groups excluding carboxylic acids is 2. The molecule has 0 aliphatic carbocycles. The summed E-state index contributed by atoms with van der Waals surface area (Å²) in [5, 5.41) is 0.862. The lowest BCUT2D eigenvalue weighted by molar-refractivity contribution is -0.139. The molecule has 2 heterocycles. The summed E-state index contributed by atoms with van der Waals surface area (Å²) in [6, 6.07) is 9.76. The van der Waals surface area contributed by atoms with Crippen LogP contribution in [0, 0.1) is 5.82 Å². The molecule has 0 aromatic heterocycles. The fourth-order valence-electron chi connectivity index (χ4n) is 3.74. The van der Waals surface area contributed by atoms with Crippen molar-refractivity contribution in [2.24, 2.45) is 0 Å². The Labute approximate surface area is 166 Å². The van der Waals surface area contributed by atoms with E-state index in [-0.39, 0.29) is 30.1 Å². The van der Waals surface area contributed by atoms with Crippen LogP contribution in [0.1, 0.15) is 29.0 Å². The predicted molar refractivity (Wildman–Crippen MR) is 101 cm³/mol. The van der Waals surface area contributed by atoms with Gasteiger partial charge in [-0.15, -0.1) is 0 Å². The average Bonchev–Trinajstić information content (AvgIpc) is 3.21. The monoisotopic (exact) mass is 406 g/mol. The first-order chi connectivity index (χ1) is 12.9. The normalized spacial score (nSPS) is 18.9. The van der Waals surface area contributed by atoms with Gasteiger partial charge in [0.1, 0.15) is 5.82 Å². The van der Waals surface area contributed by atoms with Crippen molar-refractivity contribution >= 4 is 35.0 Å². The number of fused-ring (bicyclic) bond motifs is 1. The van der Waals surface area contributed by atoms with Crippen LogP contribution in [-0.4, -0.2) is 34.7 Å². The quantitative estimate of drug-likeness (QED) is 0.772. The van der Waals surface area contributed by atoms with Gasteiger partial charge in [-0.25, -0.2) is 4.39 Å². The molecule has 2 aliphatic rings. The van der Waals surface area contributed by atoms with Crippen molar-refractivity contribution in [3.63, 3.8) is 0 Å². The summed E-state index contributed by atoms with van der Waals surface area (Å²) in [7, 11) is 0. The van der Waals surface area contributed by atoms with Crippen LogP contribution in [0.3, 0.4) is 0 Å². The first-order valence-electron chi connectivity index (χ1n) is 8.71. The number of benzene rings is 2. The van der Waals surface area contributed by atoms with Gasteiger partial charge in [-0.3, -0.25) is 9.59 Å². The second-order valence-corrected chi connectivity index (χ2v) is 7.75. The first-order valence-corrected chi connectivity index (χ1v) is 9.47. The van der Waals surface area contributed by atoms with E-state index < -0.39 is 0 Å². The minimum atomic E-state index is -0.308. The summed E-state index contributed by atoms with van der Waals surface area (Å²) in [5.41, 5.74) is 2.59. The van der Waals surface area contributed by atoms with Gasteiger partial charge in [-0.2, -0.15) is 0 Å². The number of amides is 2. The molecule has 7 heteroatoms. The first kappa shape index (κ1) is 18.3. The van der Waals surface area contributed by atoms with Crippen molar-refractivity contribution in [1.29, 1.82) is 0 Å². The van der Waals surface area contributed by atoms with Gasteiger partial charge in [0.2, 0.25) is 11.8 Å². The lowest BCUT2D eigenvalue weighted by Crippen LogP contribution is -2.39. The lowest BCUT2D eigenvalue weighted by atomic mass is 9.98. The molecule has 0 N–H and O–H groups in total. The molecule has 0 spiro atoms. The smallest absolute Gasteiger partial charge is 0.242 e. The van der Waals surface area contributed by atoms with Gasteiger partial charge < -0.3 is 9.80 Å². The zero-order chi connectivity index (χ0) is 19.1. The molecule has 1 unspecified atom stereocenters. The molecule has 0 saturated carbocycles. The van der Waals surface area contributed by atoms with Crippen molar-refractivity contribution < 1.29 is 14.0 Å². The minimum absolute atomic E-state index is 0.0348.